The van der Waals surface area contributed by atoms with E-state index >= 15 is 0 Å². The normalized spacial score (nSPS) is 18.4. The van der Waals surface area contributed by atoms with E-state index in [0.29, 0.717) is 55.0 Å². The highest BCUT2D eigenvalue weighted by molar-refractivity contribution is 6.29. The smallest absolute Gasteiger partial charge is 0.230 e. The van der Waals surface area contributed by atoms with E-state index in [9.17, 15) is 0 Å². The summed E-state index contributed by atoms with van der Waals surface area (Å²) in [6.07, 6.45) is 0. The molecular weight excluding hydrogens is 346 g/mol. The summed E-state index contributed by atoms with van der Waals surface area (Å²) < 4.78 is 10.8. The zero-order valence-corrected chi connectivity index (χ0v) is 14.4. The van der Waals surface area contributed by atoms with Gasteiger partial charge in [0.2, 0.25) is 11.9 Å². The van der Waals surface area contributed by atoms with E-state index in [1.165, 1.54) is 0 Å². The summed E-state index contributed by atoms with van der Waals surface area (Å²) in [5.41, 5.74) is 0.566. The molecule has 2 fully saturated rings. The standard InChI is InChI=1S/C15H18ClN7O2/c16-12-2-1-11(20-21-12)13-17-14(22-3-7-24-8-4-22)19-15(18-13)23-5-9-25-10-6-23/h1-2H,3-10H2. The molecule has 0 unspecified atom stereocenters. The maximum atomic E-state index is 5.83. The molecule has 0 amide bonds. The largest absolute Gasteiger partial charge is 0.378 e. The number of morpholine rings is 2. The van der Waals surface area contributed by atoms with Gasteiger partial charge in [0, 0.05) is 26.2 Å². The fraction of sp³-hybridized carbons (Fsp3) is 0.533. The molecule has 4 rings (SSSR count). The van der Waals surface area contributed by atoms with Crippen LogP contribution in [0, 0.1) is 0 Å². The summed E-state index contributed by atoms with van der Waals surface area (Å²) in [7, 11) is 0. The second kappa shape index (κ2) is 7.42. The van der Waals surface area contributed by atoms with Crippen molar-refractivity contribution in [2.45, 2.75) is 0 Å². The van der Waals surface area contributed by atoms with Gasteiger partial charge in [0.1, 0.15) is 5.69 Å². The lowest BCUT2D eigenvalue weighted by Gasteiger charge is -2.30. The first-order chi connectivity index (χ1) is 12.3. The Morgan fingerprint density at radius 3 is 1.80 bits per heavy atom. The third-order valence-electron chi connectivity index (χ3n) is 4.06. The Labute approximate surface area is 150 Å². The number of rotatable bonds is 3. The zero-order valence-electron chi connectivity index (χ0n) is 13.6. The van der Waals surface area contributed by atoms with E-state index in [1.807, 2.05) is 0 Å². The van der Waals surface area contributed by atoms with Crippen LogP contribution in [0.25, 0.3) is 11.5 Å². The first-order valence-electron chi connectivity index (χ1n) is 8.21. The lowest BCUT2D eigenvalue weighted by atomic mass is 10.3. The fourth-order valence-electron chi connectivity index (χ4n) is 2.71. The summed E-state index contributed by atoms with van der Waals surface area (Å²) in [5.74, 6) is 1.75. The molecule has 2 aromatic rings. The van der Waals surface area contributed by atoms with Crippen LogP contribution < -0.4 is 9.80 Å². The van der Waals surface area contributed by atoms with E-state index in [1.54, 1.807) is 12.1 Å². The van der Waals surface area contributed by atoms with Gasteiger partial charge < -0.3 is 19.3 Å². The van der Waals surface area contributed by atoms with E-state index in [2.05, 4.69) is 34.9 Å². The Bertz CT molecular complexity index is 682. The average molecular weight is 364 g/mol. The molecule has 2 aliphatic heterocycles. The highest BCUT2D eigenvalue weighted by Gasteiger charge is 2.21. The van der Waals surface area contributed by atoms with Gasteiger partial charge in [-0.2, -0.15) is 15.0 Å². The van der Waals surface area contributed by atoms with Crippen molar-refractivity contribution in [2.24, 2.45) is 0 Å². The summed E-state index contributed by atoms with van der Waals surface area (Å²) in [5, 5.41) is 8.32. The molecule has 2 aliphatic rings. The molecule has 0 spiro atoms. The topological polar surface area (TPSA) is 89.4 Å². The quantitative estimate of drug-likeness (QED) is 0.779. The highest BCUT2D eigenvalue weighted by Crippen LogP contribution is 2.21. The first-order valence-corrected chi connectivity index (χ1v) is 8.58. The van der Waals surface area contributed by atoms with Gasteiger partial charge in [-0.1, -0.05) is 11.6 Å². The monoisotopic (exact) mass is 363 g/mol. The predicted octanol–water partition coefficient (Wildman–Crippen LogP) is 0.655. The van der Waals surface area contributed by atoms with Crippen molar-refractivity contribution in [1.82, 2.24) is 25.1 Å². The van der Waals surface area contributed by atoms with E-state index in [0.717, 1.165) is 26.2 Å². The van der Waals surface area contributed by atoms with Crippen LogP contribution in [0.3, 0.4) is 0 Å². The summed E-state index contributed by atoms with van der Waals surface area (Å²) >= 11 is 5.83. The third kappa shape index (κ3) is 3.78. The second-order valence-corrected chi connectivity index (χ2v) is 6.09. The molecular formula is C15H18ClN7O2. The summed E-state index contributed by atoms with van der Waals surface area (Å²) in [6, 6.07) is 3.44. The van der Waals surface area contributed by atoms with Gasteiger partial charge in [-0.15, -0.1) is 10.2 Å². The number of anilines is 2. The number of nitrogens with zero attached hydrogens (tertiary/aromatic N) is 7. The summed E-state index contributed by atoms with van der Waals surface area (Å²) in [6.45, 7) is 5.64. The van der Waals surface area contributed by atoms with E-state index < -0.39 is 0 Å². The van der Waals surface area contributed by atoms with Crippen LogP contribution in [0.1, 0.15) is 0 Å². The minimum absolute atomic E-state index is 0.333. The maximum Gasteiger partial charge on any atom is 0.230 e. The van der Waals surface area contributed by atoms with Gasteiger partial charge >= 0.3 is 0 Å². The number of hydrogen-bond donors (Lipinski definition) is 0. The molecule has 2 aromatic heterocycles. The van der Waals surface area contributed by atoms with Gasteiger partial charge in [-0.05, 0) is 12.1 Å². The molecule has 0 N–H and O–H groups in total. The molecule has 2 saturated heterocycles. The van der Waals surface area contributed by atoms with Crippen molar-refractivity contribution in [3.05, 3.63) is 17.3 Å². The minimum Gasteiger partial charge on any atom is -0.378 e. The lowest BCUT2D eigenvalue weighted by molar-refractivity contribution is 0.121. The Hall–Kier alpha value is -2.10. The van der Waals surface area contributed by atoms with Crippen molar-refractivity contribution >= 4 is 23.5 Å². The molecule has 0 saturated carbocycles. The third-order valence-corrected chi connectivity index (χ3v) is 4.26. The summed E-state index contributed by atoms with van der Waals surface area (Å²) in [4.78, 5) is 18.1. The molecule has 25 heavy (non-hydrogen) atoms. The molecule has 9 nitrogen and oxygen atoms in total. The number of hydrogen-bond acceptors (Lipinski definition) is 9. The predicted molar refractivity (Wildman–Crippen MR) is 91.9 cm³/mol. The molecule has 10 heteroatoms. The van der Waals surface area contributed by atoms with Crippen molar-refractivity contribution in [3.63, 3.8) is 0 Å². The van der Waals surface area contributed by atoms with E-state index in [4.69, 9.17) is 21.1 Å². The molecule has 0 radical (unpaired) electrons. The van der Waals surface area contributed by atoms with Gasteiger partial charge in [0.05, 0.1) is 26.4 Å². The Kier molecular flexibility index (Phi) is 4.86. The first kappa shape index (κ1) is 16.4. The number of aromatic nitrogens is 5. The van der Waals surface area contributed by atoms with Crippen LogP contribution in [-0.2, 0) is 9.47 Å². The zero-order chi connectivity index (χ0) is 17.1. The second-order valence-electron chi connectivity index (χ2n) is 5.70. The van der Waals surface area contributed by atoms with Crippen molar-refractivity contribution < 1.29 is 9.47 Å². The van der Waals surface area contributed by atoms with Crippen LogP contribution in [-0.4, -0.2) is 77.8 Å². The molecule has 0 aromatic carbocycles. The van der Waals surface area contributed by atoms with Gasteiger partial charge in [0.25, 0.3) is 0 Å². The van der Waals surface area contributed by atoms with Crippen LogP contribution >= 0.6 is 11.6 Å². The Balaban J connectivity index is 1.72. The maximum absolute atomic E-state index is 5.83. The molecule has 0 bridgehead atoms. The molecule has 0 aliphatic carbocycles. The highest BCUT2D eigenvalue weighted by atomic mass is 35.5. The van der Waals surface area contributed by atoms with Crippen molar-refractivity contribution in [2.75, 3.05) is 62.4 Å². The minimum atomic E-state index is 0.333. The van der Waals surface area contributed by atoms with Gasteiger partial charge in [0.15, 0.2) is 11.0 Å². The van der Waals surface area contributed by atoms with Crippen molar-refractivity contribution in [3.8, 4) is 11.5 Å². The molecule has 0 atom stereocenters. The lowest BCUT2D eigenvalue weighted by Crippen LogP contribution is -2.40. The van der Waals surface area contributed by atoms with E-state index in [-0.39, 0.29) is 0 Å². The van der Waals surface area contributed by atoms with Crippen LogP contribution in [0.5, 0.6) is 0 Å². The van der Waals surface area contributed by atoms with Crippen molar-refractivity contribution in [1.29, 1.82) is 0 Å². The number of ether oxygens (including phenoxy) is 2. The van der Waals surface area contributed by atoms with Crippen LogP contribution in [0.2, 0.25) is 5.15 Å². The van der Waals surface area contributed by atoms with Crippen LogP contribution in [0.4, 0.5) is 11.9 Å². The molecule has 4 heterocycles. The fourth-order valence-corrected chi connectivity index (χ4v) is 2.81. The van der Waals surface area contributed by atoms with Gasteiger partial charge in [-0.3, -0.25) is 0 Å². The molecule has 132 valence electrons. The SMILES string of the molecule is Clc1ccc(-c2nc(N3CCOCC3)nc(N3CCOCC3)n2)nn1. The van der Waals surface area contributed by atoms with Crippen LogP contribution in [0.15, 0.2) is 12.1 Å². The average Bonchev–Trinajstić information content (AvgIpc) is 2.69. The Morgan fingerprint density at radius 2 is 1.32 bits per heavy atom. The van der Waals surface area contributed by atoms with Gasteiger partial charge in [-0.25, -0.2) is 0 Å². The number of halogens is 1. The Morgan fingerprint density at radius 1 is 0.760 bits per heavy atom.